The first-order valence-corrected chi connectivity index (χ1v) is 3.81. The Hall–Kier alpha value is -1.39. The molecule has 0 aliphatic heterocycles. The number of aryl methyl sites for hydroxylation is 2. The van der Waals surface area contributed by atoms with Gasteiger partial charge >= 0.3 is 5.97 Å². The molecule has 0 unspecified atom stereocenters. The van der Waals surface area contributed by atoms with Gasteiger partial charge in [-0.25, -0.2) is 9.18 Å². The average Bonchev–Trinajstić information content (AvgIpc) is 2.35. The summed E-state index contributed by atoms with van der Waals surface area (Å²) in [5, 5.41) is 11.9. The number of hydrogen-bond acceptors (Lipinski definition) is 3. The normalized spacial score (nSPS) is 12.8. The molecule has 0 saturated carbocycles. The quantitative estimate of drug-likeness (QED) is 0.773. The van der Waals surface area contributed by atoms with Crippen molar-refractivity contribution in [1.29, 1.82) is 0 Å². The van der Waals surface area contributed by atoms with Crippen LogP contribution < -0.4 is 0 Å². The van der Waals surface area contributed by atoms with Crippen LogP contribution in [-0.2, 0) is 11.2 Å². The zero-order valence-corrected chi connectivity index (χ0v) is 7.37. The fourth-order valence-electron chi connectivity index (χ4n) is 1.06. The van der Waals surface area contributed by atoms with E-state index in [0.29, 0.717) is 17.0 Å². The molecule has 0 amide bonds. The SMILES string of the molecule is Cc1noc(C)c1C[C@@H](F)C(=O)O. The van der Waals surface area contributed by atoms with Crippen LogP contribution >= 0.6 is 0 Å². The van der Waals surface area contributed by atoms with Gasteiger partial charge in [-0.05, 0) is 13.8 Å². The van der Waals surface area contributed by atoms with Gasteiger partial charge in [0.05, 0.1) is 5.69 Å². The van der Waals surface area contributed by atoms with Crippen LogP contribution in [0.3, 0.4) is 0 Å². The van der Waals surface area contributed by atoms with Crippen molar-refractivity contribution < 1.29 is 18.8 Å². The Labute approximate surface area is 74.3 Å². The van der Waals surface area contributed by atoms with Crippen molar-refractivity contribution in [3.63, 3.8) is 0 Å². The Morgan fingerprint density at radius 3 is 2.69 bits per heavy atom. The highest BCUT2D eigenvalue weighted by molar-refractivity contribution is 5.72. The maximum atomic E-state index is 12.8. The smallest absolute Gasteiger partial charge is 0.338 e. The summed E-state index contributed by atoms with van der Waals surface area (Å²) in [6.07, 6.45) is -2.08. The molecule has 0 bridgehead atoms. The molecular weight excluding hydrogens is 177 g/mol. The van der Waals surface area contributed by atoms with Gasteiger partial charge in [0, 0.05) is 12.0 Å². The van der Waals surface area contributed by atoms with E-state index in [1.165, 1.54) is 0 Å². The minimum atomic E-state index is -1.89. The van der Waals surface area contributed by atoms with E-state index in [4.69, 9.17) is 9.63 Å². The summed E-state index contributed by atoms with van der Waals surface area (Å²) in [5.41, 5.74) is 1.08. The summed E-state index contributed by atoms with van der Waals surface area (Å²) in [6, 6.07) is 0. The first kappa shape index (κ1) is 9.70. The lowest BCUT2D eigenvalue weighted by atomic mass is 10.1. The Bertz CT molecular complexity index is 302. The van der Waals surface area contributed by atoms with Gasteiger partial charge in [-0.3, -0.25) is 0 Å². The molecule has 0 fully saturated rings. The third-order valence-corrected chi connectivity index (χ3v) is 1.83. The molecule has 4 nitrogen and oxygen atoms in total. The fourth-order valence-corrected chi connectivity index (χ4v) is 1.06. The van der Waals surface area contributed by atoms with Crippen molar-refractivity contribution in [2.75, 3.05) is 0 Å². The van der Waals surface area contributed by atoms with E-state index in [9.17, 15) is 9.18 Å². The lowest BCUT2D eigenvalue weighted by Gasteiger charge is -2.01. The number of hydrogen-bond donors (Lipinski definition) is 1. The molecule has 0 aliphatic rings. The number of rotatable bonds is 3. The monoisotopic (exact) mass is 187 g/mol. The lowest BCUT2D eigenvalue weighted by Crippen LogP contribution is -2.17. The van der Waals surface area contributed by atoms with Crippen LogP contribution in [0, 0.1) is 13.8 Å². The number of carboxylic acid groups (broad SMARTS) is 1. The van der Waals surface area contributed by atoms with Crippen molar-refractivity contribution in [3.05, 3.63) is 17.0 Å². The van der Waals surface area contributed by atoms with Gasteiger partial charge in [-0.2, -0.15) is 0 Å². The van der Waals surface area contributed by atoms with Gasteiger partial charge in [-0.15, -0.1) is 0 Å². The van der Waals surface area contributed by atoms with Crippen LogP contribution in [0.5, 0.6) is 0 Å². The Balaban J connectivity index is 2.79. The second-order valence-corrected chi connectivity index (χ2v) is 2.81. The molecule has 72 valence electrons. The zero-order chi connectivity index (χ0) is 10.0. The molecule has 0 radical (unpaired) electrons. The Kier molecular flexibility index (Phi) is 2.65. The number of aromatic nitrogens is 1. The van der Waals surface area contributed by atoms with Crippen molar-refractivity contribution in [1.82, 2.24) is 5.16 Å². The molecule has 1 aromatic heterocycles. The molecule has 0 aliphatic carbocycles. The van der Waals surface area contributed by atoms with Crippen molar-refractivity contribution in [3.8, 4) is 0 Å². The van der Waals surface area contributed by atoms with Crippen molar-refractivity contribution in [2.24, 2.45) is 0 Å². The summed E-state index contributed by atoms with van der Waals surface area (Å²) in [6.45, 7) is 3.28. The standard InChI is InChI=1S/C8H10FNO3/c1-4-6(5(2)13-10-4)3-7(9)8(11)12/h7H,3H2,1-2H3,(H,11,12)/t7-/m1/s1. The van der Waals surface area contributed by atoms with Crippen LogP contribution in [0.15, 0.2) is 4.52 Å². The maximum absolute atomic E-state index is 12.8. The Morgan fingerprint density at radius 2 is 2.31 bits per heavy atom. The third kappa shape index (κ3) is 2.05. The third-order valence-electron chi connectivity index (χ3n) is 1.83. The van der Waals surface area contributed by atoms with Crippen LogP contribution in [0.1, 0.15) is 17.0 Å². The van der Waals surface area contributed by atoms with Gasteiger partial charge in [0.25, 0.3) is 0 Å². The number of aliphatic carboxylic acids is 1. The minimum absolute atomic E-state index is 0.184. The van der Waals surface area contributed by atoms with E-state index >= 15 is 0 Å². The second-order valence-electron chi connectivity index (χ2n) is 2.81. The molecule has 1 heterocycles. The summed E-state index contributed by atoms with van der Waals surface area (Å²) < 4.78 is 17.5. The fraction of sp³-hybridized carbons (Fsp3) is 0.500. The summed E-state index contributed by atoms with van der Waals surface area (Å²) in [5.74, 6) is -0.985. The van der Waals surface area contributed by atoms with Crippen molar-refractivity contribution >= 4 is 5.97 Å². The molecular formula is C8H10FNO3. The molecule has 1 N–H and O–H groups in total. The van der Waals surface area contributed by atoms with Gasteiger partial charge in [0.2, 0.25) is 6.17 Å². The van der Waals surface area contributed by atoms with E-state index in [1.54, 1.807) is 13.8 Å². The second kappa shape index (κ2) is 3.55. The van der Waals surface area contributed by atoms with Crippen LogP contribution in [-0.4, -0.2) is 22.4 Å². The van der Waals surface area contributed by atoms with E-state index < -0.39 is 12.1 Å². The van der Waals surface area contributed by atoms with E-state index in [2.05, 4.69) is 5.16 Å². The average molecular weight is 187 g/mol. The summed E-state index contributed by atoms with van der Waals surface area (Å²) in [4.78, 5) is 10.2. The molecule has 1 aromatic rings. The largest absolute Gasteiger partial charge is 0.479 e. The number of carbonyl (C=O) groups is 1. The first-order valence-electron chi connectivity index (χ1n) is 3.81. The first-order chi connectivity index (χ1) is 6.02. The number of halogens is 1. The number of carboxylic acids is 1. The van der Waals surface area contributed by atoms with Crippen LogP contribution in [0.2, 0.25) is 0 Å². The lowest BCUT2D eigenvalue weighted by molar-refractivity contribution is -0.142. The predicted octanol–water partition coefficient (Wildman–Crippen LogP) is 1.26. The highest BCUT2D eigenvalue weighted by Crippen LogP contribution is 2.15. The maximum Gasteiger partial charge on any atom is 0.338 e. The summed E-state index contributed by atoms with van der Waals surface area (Å²) in [7, 11) is 0. The van der Waals surface area contributed by atoms with E-state index in [-0.39, 0.29) is 6.42 Å². The number of alkyl halides is 1. The molecule has 13 heavy (non-hydrogen) atoms. The van der Waals surface area contributed by atoms with Gasteiger partial charge in [0.1, 0.15) is 5.76 Å². The topological polar surface area (TPSA) is 63.3 Å². The van der Waals surface area contributed by atoms with Gasteiger partial charge in [0.15, 0.2) is 0 Å². The van der Waals surface area contributed by atoms with Crippen LogP contribution in [0.4, 0.5) is 4.39 Å². The summed E-state index contributed by atoms with van der Waals surface area (Å²) >= 11 is 0. The molecule has 1 atom stereocenters. The highest BCUT2D eigenvalue weighted by atomic mass is 19.1. The molecule has 5 heteroatoms. The van der Waals surface area contributed by atoms with Gasteiger partial charge < -0.3 is 9.63 Å². The molecule has 1 rings (SSSR count). The molecule has 0 spiro atoms. The molecule has 0 aromatic carbocycles. The number of nitrogens with zero attached hydrogens (tertiary/aromatic N) is 1. The van der Waals surface area contributed by atoms with Gasteiger partial charge in [-0.1, -0.05) is 5.16 Å². The highest BCUT2D eigenvalue weighted by Gasteiger charge is 2.20. The van der Waals surface area contributed by atoms with Crippen LogP contribution in [0.25, 0.3) is 0 Å². The Morgan fingerprint density at radius 1 is 1.69 bits per heavy atom. The van der Waals surface area contributed by atoms with E-state index in [1.807, 2.05) is 0 Å². The minimum Gasteiger partial charge on any atom is -0.479 e. The van der Waals surface area contributed by atoms with Crippen molar-refractivity contribution in [2.45, 2.75) is 26.4 Å². The zero-order valence-electron chi connectivity index (χ0n) is 7.37. The predicted molar refractivity (Wildman–Crippen MR) is 42.2 cm³/mol. The molecule has 0 saturated heterocycles. The van der Waals surface area contributed by atoms with E-state index in [0.717, 1.165) is 0 Å².